The Balaban J connectivity index is 2.65. The third-order valence-electron chi connectivity index (χ3n) is 2.96. The molecule has 1 aromatic rings. The van der Waals surface area contributed by atoms with Crippen molar-refractivity contribution in [3.8, 4) is 0 Å². The summed E-state index contributed by atoms with van der Waals surface area (Å²) >= 11 is 0. The molecule has 0 aromatic heterocycles. The van der Waals surface area contributed by atoms with Gasteiger partial charge in [-0.05, 0) is 19.4 Å². The van der Waals surface area contributed by atoms with Gasteiger partial charge in [0.1, 0.15) is 0 Å². The number of rotatable bonds is 6. The number of aliphatic carboxylic acids is 1. The zero-order chi connectivity index (χ0) is 13.8. The Kier molecular flexibility index (Phi) is 4.52. The number of benzene rings is 1. The van der Waals surface area contributed by atoms with E-state index < -0.39 is 11.6 Å². The van der Waals surface area contributed by atoms with Crippen molar-refractivity contribution in [2.75, 3.05) is 6.61 Å². The van der Waals surface area contributed by atoms with Crippen LogP contribution in [0.1, 0.15) is 39.7 Å². The third-order valence-corrected chi connectivity index (χ3v) is 2.96. The fourth-order valence-corrected chi connectivity index (χ4v) is 1.76. The van der Waals surface area contributed by atoms with E-state index >= 15 is 0 Å². The molecule has 100 valence electrons. The highest BCUT2D eigenvalue weighted by Gasteiger charge is 2.28. The van der Waals surface area contributed by atoms with Crippen molar-refractivity contribution in [3.05, 3.63) is 35.9 Å². The number of carboxylic acid groups (broad SMARTS) is 1. The first kappa shape index (κ1) is 14.7. The van der Waals surface area contributed by atoms with Gasteiger partial charge in [-0.25, -0.2) is 0 Å². The molecule has 0 aliphatic rings. The first-order chi connectivity index (χ1) is 8.23. The van der Waals surface area contributed by atoms with Crippen molar-refractivity contribution >= 4 is 5.97 Å². The number of carbonyl (C=O) groups is 1. The molecule has 0 radical (unpaired) electrons. The van der Waals surface area contributed by atoms with Crippen LogP contribution < -0.4 is 0 Å². The minimum Gasteiger partial charge on any atom is -0.481 e. The van der Waals surface area contributed by atoms with E-state index in [4.69, 9.17) is 9.84 Å². The smallest absolute Gasteiger partial charge is 0.306 e. The van der Waals surface area contributed by atoms with Gasteiger partial charge in [0, 0.05) is 5.41 Å². The van der Waals surface area contributed by atoms with Crippen molar-refractivity contribution in [1.29, 1.82) is 0 Å². The van der Waals surface area contributed by atoms with Gasteiger partial charge in [-0.1, -0.05) is 44.2 Å². The Bertz CT molecular complexity index is 393. The summed E-state index contributed by atoms with van der Waals surface area (Å²) in [6.07, 6.45) is 0.0118. The molecule has 0 spiro atoms. The third kappa shape index (κ3) is 4.49. The topological polar surface area (TPSA) is 46.5 Å². The van der Waals surface area contributed by atoms with Crippen molar-refractivity contribution in [2.24, 2.45) is 0 Å². The van der Waals surface area contributed by atoms with Crippen LogP contribution in [0, 0.1) is 0 Å². The van der Waals surface area contributed by atoms with E-state index in [2.05, 4.69) is 26.0 Å². The van der Waals surface area contributed by atoms with E-state index in [1.165, 1.54) is 5.56 Å². The lowest BCUT2D eigenvalue weighted by molar-refractivity contribution is -0.144. The zero-order valence-corrected chi connectivity index (χ0v) is 11.6. The van der Waals surface area contributed by atoms with Crippen LogP contribution in [-0.4, -0.2) is 23.3 Å². The van der Waals surface area contributed by atoms with Crippen LogP contribution in [-0.2, 0) is 14.9 Å². The number of hydrogen-bond donors (Lipinski definition) is 1. The van der Waals surface area contributed by atoms with Gasteiger partial charge in [0.05, 0.1) is 18.6 Å². The monoisotopic (exact) mass is 250 g/mol. The number of hydrogen-bond acceptors (Lipinski definition) is 2. The Morgan fingerprint density at radius 1 is 1.17 bits per heavy atom. The van der Waals surface area contributed by atoms with Gasteiger partial charge in [-0.15, -0.1) is 0 Å². The summed E-state index contributed by atoms with van der Waals surface area (Å²) in [5.41, 5.74) is 0.422. The Morgan fingerprint density at radius 3 is 2.22 bits per heavy atom. The molecule has 3 nitrogen and oxygen atoms in total. The van der Waals surface area contributed by atoms with Gasteiger partial charge in [-0.3, -0.25) is 4.79 Å². The summed E-state index contributed by atoms with van der Waals surface area (Å²) in [6, 6.07) is 10.1. The lowest BCUT2D eigenvalue weighted by Crippen LogP contribution is -2.34. The van der Waals surface area contributed by atoms with Gasteiger partial charge >= 0.3 is 5.97 Å². The molecule has 0 unspecified atom stereocenters. The van der Waals surface area contributed by atoms with Crippen molar-refractivity contribution in [1.82, 2.24) is 0 Å². The lowest BCUT2D eigenvalue weighted by atomic mass is 9.85. The van der Waals surface area contributed by atoms with E-state index in [1.54, 1.807) is 0 Å². The van der Waals surface area contributed by atoms with Crippen molar-refractivity contribution in [2.45, 2.75) is 45.1 Å². The van der Waals surface area contributed by atoms with E-state index in [0.717, 1.165) is 0 Å². The largest absolute Gasteiger partial charge is 0.481 e. The molecule has 18 heavy (non-hydrogen) atoms. The molecule has 0 atom stereocenters. The number of ether oxygens (including phenoxy) is 1. The van der Waals surface area contributed by atoms with Crippen LogP contribution in [0.4, 0.5) is 0 Å². The van der Waals surface area contributed by atoms with E-state index in [-0.39, 0.29) is 11.8 Å². The average Bonchev–Trinajstić information content (AvgIpc) is 2.26. The molecule has 1 rings (SSSR count). The first-order valence-corrected chi connectivity index (χ1v) is 6.14. The van der Waals surface area contributed by atoms with Crippen molar-refractivity contribution in [3.63, 3.8) is 0 Å². The van der Waals surface area contributed by atoms with Crippen molar-refractivity contribution < 1.29 is 14.6 Å². The van der Waals surface area contributed by atoms with Gasteiger partial charge in [-0.2, -0.15) is 0 Å². The molecule has 3 heteroatoms. The maximum absolute atomic E-state index is 10.7. The molecular formula is C15H22O3. The highest BCUT2D eigenvalue weighted by atomic mass is 16.5. The highest BCUT2D eigenvalue weighted by molar-refractivity contribution is 5.67. The fourth-order valence-electron chi connectivity index (χ4n) is 1.76. The van der Waals surface area contributed by atoms with E-state index in [0.29, 0.717) is 6.61 Å². The molecule has 0 heterocycles. The minimum absolute atomic E-state index is 0.0118. The molecule has 0 bridgehead atoms. The lowest BCUT2D eigenvalue weighted by Gasteiger charge is -2.31. The molecule has 0 fully saturated rings. The summed E-state index contributed by atoms with van der Waals surface area (Å²) in [5, 5.41) is 8.82. The van der Waals surface area contributed by atoms with Gasteiger partial charge in [0.25, 0.3) is 0 Å². The van der Waals surface area contributed by atoms with Crippen LogP contribution in [0.25, 0.3) is 0 Å². The van der Waals surface area contributed by atoms with Gasteiger partial charge < -0.3 is 9.84 Å². The Labute approximate surface area is 109 Å². The minimum atomic E-state index is -0.836. The molecule has 0 saturated carbocycles. The van der Waals surface area contributed by atoms with Crippen LogP contribution in [0.5, 0.6) is 0 Å². The summed E-state index contributed by atoms with van der Waals surface area (Å²) in [5.74, 6) is -0.836. The SMILES string of the molecule is CC(C)(CC(=O)O)OCC(C)(C)c1ccccc1. The van der Waals surface area contributed by atoms with Crippen LogP contribution in [0.15, 0.2) is 30.3 Å². The van der Waals surface area contributed by atoms with E-state index in [9.17, 15) is 4.79 Å². The molecule has 0 amide bonds. The second-order valence-electron chi connectivity index (χ2n) is 5.87. The molecule has 1 N–H and O–H groups in total. The molecule has 0 saturated heterocycles. The quantitative estimate of drug-likeness (QED) is 0.843. The molecule has 0 aliphatic heterocycles. The fraction of sp³-hybridized carbons (Fsp3) is 0.533. The highest BCUT2D eigenvalue weighted by Crippen LogP contribution is 2.26. The maximum Gasteiger partial charge on any atom is 0.306 e. The van der Waals surface area contributed by atoms with Gasteiger partial charge in [0.2, 0.25) is 0 Å². The second-order valence-corrected chi connectivity index (χ2v) is 5.87. The normalized spacial score (nSPS) is 12.4. The predicted octanol–water partition coefficient (Wildman–Crippen LogP) is 3.23. The first-order valence-electron chi connectivity index (χ1n) is 6.14. The molecule has 1 aromatic carbocycles. The molecule has 0 aliphatic carbocycles. The van der Waals surface area contributed by atoms with Crippen LogP contribution >= 0.6 is 0 Å². The Hall–Kier alpha value is -1.35. The summed E-state index contributed by atoms with van der Waals surface area (Å²) in [6.45, 7) is 8.31. The Morgan fingerprint density at radius 2 is 1.72 bits per heavy atom. The maximum atomic E-state index is 10.7. The number of carboxylic acids is 1. The van der Waals surface area contributed by atoms with Crippen LogP contribution in [0.3, 0.4) is 0 Å². The van der Waals surface area contributed by atoms with Crippen LogP contribution in [0.2, 0.25) is 0 Å². The average molecular weight is 250 g/mol. The zero-order valence-electron chi connectivity index (χ0n) is 11.6. The van der Waals surface area contributed by atoms with Gasteiger partial charge in [0.15, 0.2) is 0 Å². The predicted molar refractivity (Wildman–Crippen MR) is 71.8 cm³/mol. The van der Waals surface area contributed by atoms with E-state index in [1.807, 2.05) is 32.0 Å². The summed E-state index contributed by atoms with van der Waals surface area (Å²) in [7, 11) is 0. The molecular weight excluding hydrogens is 228 g/mol. The summed E-state index contributed by atoms with van der Waals surface area (Å²) in [4.78, 5) is 10.7. The second kappa shape index (κ2) is 5.53. The standard InChI is InChI=1S/C15H22O3/c1-14(2,12-8-6-5-7-9-12)11-18-15(3,4)10-13(16)17/h5-9H,10-11H2,1-4H3,(H,16,17). The summed E-state index contributed by atoms with van der Waals surface area (Å²) < 4.78 is 5.78.